The second-order valence-electron chi connectivity index (χ2n) is 4.50. The SMILES string of the molecule is CS(=O)(=O)c1cc(O)ccc1C(=O)c1ccc(Cl)c(Cl)c1Cl. The molecule has 1 N–H and O–H groups in total. The Morgan fingerprint density at radius 3 is 2.18 bits per heavy atom. The summed E-state index contributed by atoms with van der Waals surface area (Å²) in [6, 6.07) is 6.19. The number of sulfone groups is 1. The fraction of sp³-hybridized carbons (Fsp3) is 0.0714. The van der Waals surface area contributed by atoms with Gasteiger partial charge in [-0.25, -0.2) is 8.42 Å². The molecule has 0 bridgehead atoms. The van der Waals surface area contributed by atoms with Gasteiger partial charge in [-0.05, 0) is 30.3 Å². The summed E-state index contributed by atoms with van der Waals surface area (Å²) in [4.78, 5) is 12.3. The van der Waals surface area contributed by atoms with Crippen molar-refractivity contribution < 1.29 is 18.3 Å². The highest BCUT2D eigenvalue weighted by Crippen LogP contribution is 2.34. The minimum absolute atomic E-state index is 0.00821. The Balaban J connectivity index is 2.68. The molecule has 8 heteroatoms. The van der Waals surface area contributed by atoms with Crippen molar-refractivity contribution in [1.29, 1.82) is 0 Å². The minimum atomic E-state index is -3.72. The van der Waals surface area contributed by atoms with Gasteiger partial charge in [-0.2, -0.15) is 0 Å². The van der Waals surface area contributed by atoms with Gasteiger partial charge in [0.15, 0.2) is 15.6 Å². The molecule has 0 heterocycles. The number of rotatable bonds is 3. The first-order valence-corrected chi connectivity index (χ1v) is 8.86. The molecular weight excluding hydrogens is 371 g/mol. The topological polar surface area (TPSA) is 71.4 Å². The molecule has 4 nitrogen and oxygen atoms in total. The van der Waals surface area contributed by atoms with Crippen LogP contribution in [0.2, 0.25) is 15.1 Å². The van der Waals surface area contributed by atoms with Crippen molar-refractivity contribution in [2.75, 3.05) is 6.26 Å². The molecule has 0 atom stereocenters. The Hall–Kier alpha value is -1.27. The van der Waals surface area contributed by atoms with E-state index >= 15 is 0 Å². The van der Waals surface area contributed by atoms with E-state index in [-0.39, 0.29) is 36.8 Å². The monoisotopic (exact) mass is 378 g/mol. The summed E-state index contributed by atoms with van der Waals surface area (Å²) in [6.07, 6.45) is 0.939. The van der Waals surface area contributed by atoms with Crippen LogP contribution in [0.3, 0.4) is 0 Å². The van der Waals surface area contributed by atoms with E-state index in [9.17, 15) is 18.3 Å². The number of ketones is 1. The molecule has 0 aliphatic heterocycles. The summed E-state index contributed by atoms with van der Waals surface area (Å²) in [5.41, 5.74) is -0.0905. The average molecular weight is 380 g/mol. The van der Waals surface area contributed by atoms with Crippen LogP contribution in [0, 0.1) is 0 Å². The smallest absolute Gasteiger partial charge is 0.195 e. The molecule has 0 aliphatic rings. The van der Waals surface area contributed by atoms with Gasteiger partial charge >= 0.3 is 0 Å². The zero-order chi connectivity index (χ0) is 16.7. The third kappa shape index (κ3) is 3.22. The molecule has 2 rings (SSSR count). The highest BCUT2D eigenvalue weighted by Gasteiger charge is 2.23. The van der Waals surface area contributed by atoms with E-state index in [1.54, 1.807) is 0 Å². The third-order valence-electron chi connectivity index (χ3n) is 2.89. The minimum Gasteiger partial charge on any atom is -0.508 e. The molecule has 116 valence electrons. The van der Waals surface area contributed by atoms with E-state index in [2.05, 4.69) is 0 Å². The van der Waals surface area contributed by atoms with Crippen LogP contribution in [0.1, 0.15) is 15.9 Å². The van der Waals surface area contributed by atoms with Crippen LogP contribution >= 0.6 is 34.8 Å². The quantitative estimate of drug-likeness (QED) is 0.646. The molecule has 0 saturated heterocycles. The largest absolute Gasteiger partial charge is 0.508 e. The summed E-state index contributed by atoms with van der Waals surface area (Å²) in [6.45, 7) is 0. The summed E-state index contributed by atoms with van der Waals surface area (Å²) in [5, 5.41) is 9.57. The first kappa shape index (κ1) is 17.1. The van der Waals surface area contributed by atoms with Gasteiger partial charge in [0.05, 0.1) is 20.0 Å². The van der Waals surface area contributed by atoms with Gasteiger partial charge in [0, 0.05) is 17.4 Å². The van der Waals surface area contributed by atoms with E-state index < -0.39 is 15.6 Å². The van der Waals surface area contributed by atoms with Crippen molar-refractivity contribution in [3.63, 3.8) is 0 Å². The van der Waals surface area contributed by atoms with E-state index in [0.717, 1.165) is 12.3 Å². The van der Waals surface area contributed by atoms with Crippen molar-refractivity contribution in [3.05, 3.63) is 56.5 Å². The normalized spacial score (nSPS) is 11.5. The predicted octanol–water partition coefficient (Wildman–Crippen LogP) is 3.99. The zero-order valence-corrected chi connectivity index (χ0v) is 14.2. The summed E-state index contributed by atoms with van der Waals surface area (Å²) in [5.74, 6) is -0.902. The van der Waals surface area contributed by atoms with Crippen LogP contribution in [0.25, 0.3) is 0 Å². The summed E-state index contributed by atoms with van der Waals surface area (Å²) >= 11 is 17.7. The lowest BCUT2D eigenvalue weighted by atomic mass is 10.0. The van der Waals surface area contributed by atoms with E-state index in [1.165, 1.54) is 24.3 Å². The zero-order valence-electron chi connectivity index (χ0n) is 11.1. The number of benzene rings is 2. The van der Waals surface area contributed by atoms with Crippen molar-refractivity contribution in [2.45, 2.75) is 4.90 Å². The Labute approximate surface area is 142 Å². The Morgan fingerprint density at radius 1 is 1.00 bits per heavy atom. The molecule has 22 heavy (non-hydrogen) atoms. The van der Waals surface area contributed by atoms with Crippen LogP contribution in [-0.2, 0) is 9.84 Å². The lowest BCUT2D eigenvalue weighted by Crippen LogP contribution is -2.10. The molecule has 2 aromatic carbocycles. The molecular formula is C14H9Cl3O4S. The molecule has 0 aromatic heterocycles. The van der Waals surface area contributed by atoms with Crippen molar-refractivity contribution in [2.24, 2.45) is 0 Å². The maximum atomic E-state index is 12.6. The molecule has 0 saturated carbocycles. The molecule has 0 spiro atoms. The second-order valence-corrected chi connectivity index (χ2v) is 7.65. The molecule has 2 aromatic rings. The fourth-order valence-electron chi connectivity index (χ4n) is 1.85. The van der Waals surface area contributed by atoms with Gasteiger partial charge in [-0.15, -0.1) is 0 Å². The number of phenolic OH excluding ortho intramolecular Hbond substituents is 1. The van der Waals surface area contributed by atoms with Gasteiger partial charge in [0.2, 0.25) is 0 Å². The number of hydrogen-bond acceptors (Lipinski definition) is 4. The van der Waals surface area contributed by atoms with E-state index in [0.29, 0.717) is 0 Å². The van der Waals surface area contributed by atoms with Gasteiger partial charge in [-0.1, -0.05) is 34.8 Å². The van der Waals surface area contributed by atoms with Crippen molar-refractivity contribution in [3.8, 4) is 5.75 Å². The van der Waals surface area contributed by atoms with Crippen LogP contribution in [0.4, 0.5) is 0 Å². The molecule has 0 aliphatic carbocycles. The Kier molecular flexibility index (Phi) is 4.73. The number of carbonyl (C=O) groups excluding carboxylic acids is 1. The average Bonchev–Trinajstić information content (AvgIpc) is 2.43. The van der Waals surface area contributed by atoms with Crippen molar-refractivity contribution >= 4 is 50.4 Å². The summed E-state index contributed by atoms with van der Waals surface area (Å²) < 4.78 is 23.6. The number of phenols is 1. The molecule has 0 radical (unpaired) electrons. The van der Waals surface area contributed by atoms with Gasteiger partial charge in [0.1, 0.15) is 5.75 Å². The predicted molar refractivity (Wildman–Crippen MR) is 86.1 cm³/mol. The Morgan fingerprint density at radius 2 is 1.59 bits per heavy atom. The van der Waals surface area contributed by atoms with E-state index in [1.807, 2.05) is 0 Å². The Bertz CT molecular complexity index is 876. The highest BCUT2D eigenvalue weighted by molar-refractivity contribution is 7.90. The second kappa shape index (κ2) is 6.08. The van der Waals surface area contributed by atoms with E-state index in [4.69, 9.17) is 34.8 Å². The van der Waals surface area contributed by atoms with Crippen LogP contribution in [0.5, 0.6) is 5.75 Å². The number of halogens is 3. The van der Waals surface area contributed by atoms with Gasteiger partial charge < -0.3 is 5.11 Å². The molecule has 0 unspecified atom stereocenters. The maximum absolute atomic E-state index is 12.6. The number of carbonyl (C=O) groups is 1. The van der Waals surface area contributed by atoms with Crippen LogP contribution < -0.4 is 0 Å². The lowest BCUT2D eigenvalue weighted by molar-refractivity contribution is 0.103. The molecule has 0 amide bonds. The third-order valence-corrected chi connectivity index (χ3v) is 5.32. The fourth-order valence-corrected chi connectivity index (χ4v) is 3.37. The van der Waals surface area contributed by atoms with Crippen LogP contribution in [0.15, 0.2) is 35.2 Å². The first-order valence-electron chi connectivity index (χ1n) is 5.84. The standard InChI is InChI=1S/C14H9Cl3O4S/c1-22(20,21)11-6-7(18)2-3-8(11)14(19)9-4-5-10(15)13(17)12(9)16/h2-6,18H,1H3. The van der Waals surface area contributed by atoms with Crippen molar-refractivity contribution in [1.82, 2.24) is 0 Å². The summed E-state index contributed by atoms with van der Waals surface area (Å²) in [7, 11) is -3.72. The first-order chi connectivity index (χ1) is 10.1. The van der Waals surface area contributed by atoms with Gasteiger partial charge in [0.25, 0.3) is 0 Å². The molecule has 0 fully saturated rings. The highest BCUT2D eigenvalue weighted by atomic mass is 35.5. The number of aromatic hydroxyl groups is 1. The van der Waals surface area contributed by atoms with Crippen LogP contribution in [-0.4, -0.2) is 25.6 Å². The van der Waals surface area contributed by atoms with Gasteiger partial charge in [-0.3, -0.25) is 4.79 Å². The maximum Gasteiger partial charge on any atom is 0.195 e. The lowest BCUT2D eigenvalue weighted by Gasteiger charge is -2.10. The number of hydrogen-bond donors (Lipinski definition) is 1.